The summed E-state index contributed by atoms with van der Waals surface area (Å²) in [6.45, 7) is 4.78. The molecule has 1 aliphatic heterocycles. The molecule has 0 spiro atoms. The van der Waals surface area contributed by atoms with Gasteiger partial charge in [0, 0.05) is 6.54 Å². The van der Waals surface area contributed by atoms with Crippen molar-refractivity contribution >= 4 is 17.2 Å². The van der Waals surface area contributed by atoms with Gasteiger partial charge in [-0.1, -0.05) is 0 Å². The van der Waals surface area contributed by atoms with Crippen molar-refractivity contribution < 1.29 is 14.3 Å². The molecule has 5 heteroatoms. The van der Waals surface area contributed by atoms with E-state index in [0.717, 1.165) is 34.7 Å². The minimum atomic E-state index is 0.0209. The van der Waals surface area contributed by atoms with Crippen LogP contribution in [0.1, 0.15) is 39.3 Å². The van der Waals surface area contributed by atoms with Crippen LogP contribution in [-0.4, -0.2) is 31.6 Å². The molecule has 1 aromatic carbocycles. The normalized spacial score (nSPS) is 16.9. The molecule has 0 radical (unpaired) electrons. The Bertz CT molecular complexity index is 738. The third-order valence-electron chi connectivity index (χ3n) is 4.50. The molecule has 2 aromatic rings. The minimum absolute atomic E-state index is 0.0209. The molecule has 1 atom stereocenters. The van der Waals surface area contributed by atoms with Crippen molar-refractivity contribution in [2.75, 3.05) is 20.8 Å². The maximum absolute atomic E-state index is 12.9. The molecule has 2 heterocycles. The SMILES string of the molecule is COc1cc2c(cc1OC)[C@@H](C)N(C(=O)c1sccc1C)CC2. The molecule has 122 valence electrons. The summed E-state index contributed by atoms with van der Waals surface area (Å²) < 4.78 is 10.8. The second-order valence-electron chi connectivity index (χ2n) is 5.76. The number of ether oxygens (including phenoxy) is 2. The highest BCUT2D eigenvalue weighted by Crippen LogP contribution is 2.38. The van der Waals surface area contributed by atoms with E-state index in [4.69, 9.17) is 9.47 Å². The lowest BCUT2D eigenvalue weighted by atomic mass is 9.92. The Kier molecular flexibility index (Phi) is 4.31. The summed E-state index contributed by atoms with van der Waals surface area (Å²) >= 11 is 1.51. The quantitative estimate of drug-likeness (QED) is 0.858. The van der Waals surface area contributed by atoms with Crippen LogP contribution in [-0.2, 0) is 6.42 Å². The van der Waals surface area contributed by atoms with E-state index < -0.39 is 0 Å². The molecular formula is C18H21NO3S. The van der Waals surface area contributed by atoms with Crippen molar-refractivity contribution in [2.45, 2.75) is 26.3 Å². The van der Waals surface area contributed by atoms with Crippen molar-refractivity contribution in [2.24, 2.45) is 0 Å². The third-order valence-corrected chi connectivity index (χ3v) is 5.51. The molecule has 23 heavy (non-hydrogen) atoms. The number of nitrogens with zero attached hydrogens (tertiary/aromatic N) is 1. The Morgan fingerprint density at radius 1 is 1.26 bits per heavy atom. The fraction of sp³-hybridized carbons (Fsp3) is 0.389. The molecule has 1 aromatic heterocycles. The number of methoxy groups -OCH3 is 2. The number of aryl methyl sites for hydroxylation is 1. The smallest absolute Gasteiger partial charge is 0.264 e. The standard InChI is InChI=1S/C18H21NO3S/c1-11-6-8-23-17(11)18(20)19-7-5-13-9-15(21-3)16(22-4)10-14(13)12(19)2/h6,8-10,12H,5,7H2,1-4H3/t12-/m1/s1. The topological polar surface area (TPSA) is 38.8 Å². The van der Waals surface area contributed by atoms with Gasteiger partial charge in [0.05, 0.1) is 25.1 Å². The number of amides is 1. The van der Waals surface area contributed by atoms with Gasteiger partial charge in [0.25, 0.3) is 5.91 Å². The maximum atomic E-state index is 12.9. The minimum Gasteiger partial charge on any atom is -0.493 e. The van der Waals surface area contributed by atoms with Crippen LogP contribution in [0.25, 0.3) is 0 Å². The van der Waals surface area contributed by atoms with Crippen molar-refractivity contribution in [3.05, 3.63) is 45.1 Å². The van der Waals surface area contributed by atoms with E-state index in [2.05, 4.69) is 6.92 Å². The highest BCUT2D eigenvalue weighted by Gasteiger charge is 2.30. The number of benzene rings is 1. The van der Waals surface area contributed by atoms with E-state index in [1.807, 2.05) is 35.4 Å². The molecule has 0 N–H and O–H groups in total. The zero-order valence-electron chi connectivity index (χ0n) is 13.9. The highest BCUT2D eigenvalue weighted by molar-refractivity contribution is 7.12. The van der Waals surface area contributed by atoms with Crippen LogP contribution >= 0.6 is 11.3 Å². The Hall–Kier alpha value is -2.01. The largest absolute Gasteiger partial charge is 0.493 e. The fourth-order valence-electron chi connectivity index (χ4n) is 3.14. The molecule has 4 nitrogen and oxygen atoms in total. The van der Waals surface area contributed by atoms with E-state index >= 15 is 0 Å². The summed E-state index contributed by atoms with van der Waals surface area (Å²) in [4.78, 5) is 15.6. The van der Waals surface area contributed by atoms with Gasteiger partial charge in [-0.3, -0.25) is 4.79 Å². The number of carbonyl (C=O) groups is 1. The van der Waals surface area contributed by atoms with Crippen LogP contribution in [0.15, 0.2) is 23.6 Å². The van der Waals surface area contributed by atoms with Crippen molar-refractivity contribution in [1.29, 1.82) is 0 Å². The first kappa shape index (κ1) is 15.9. The Balaban J connectivity index is 1.96. The predicted molar refractivity (Wildman–Crippen MR) is 91.8 cm³/mol. The molecule has 0 fully saturated rings. The molecule has 0 unspecified atom stereocenters. The Morgan fingerprint density at radius 3 is 2.57 bits per heavy atom. The summed E-state index contributed by atoms with van der Waals surface area (Å²) in [5.74, 6) is 1.57. The summed E-state index contributed by atoms with van der Waals surface area (Å²) in [5.41, 5.74) is 3.41. The van der Waals surface area contributed by atoms with Crippen LogP contribution in [0.2, 0.25) is 0 Å². The van der Waals surface area contributed by atoms with E-state index in [-0.39, 0.29) is 11.9 Å². The van der Waals surface area contributed by atoms with Crippen molar-refractivity contribution in [3.63, 3.8) is 0 Å². The highest BCUT2D eigenvalue weighted by atomic mass is 32.1. The lowest BCUT2D eigenvalue weighted by Crippen LogP contribution is -2.38. The maximum Gasteiger partial charge on any atom is 0.264 e. The van der Waals surface area contributed by atoms with Crippen LogP contribution in [0.4, 0.5) is 0 Å². The average Bonchev–Trinajstić information content (AvgIpc) is 2.99. The second kappa shape index (κ2) is 6.24. The molecule has 0 bridgehead atoms. The van der Waals surface area contributed by atoms with Gasteiger partial charge in [-0.25, -0.2) is 0 Å². The summed E-state index contributed by atoms with van der Waals surface area (Å²) in [7, 11) is 3.28. The van der Waals surface area contributed by atoms with Crippen LogP contribution in [0.3, 0.4) is 0 Å². The zero-order valence-corrected chi connectivity index (χ0v) is 14.7. The number of rotatable bonds is 3. The zero-order chi connectivity index (χ0) is 16.6. The molecule has 0 saturated carbocycles. The van der Waals surface area contributed by atoms with Gasteiger partial charge < -0.3 is 14.4 Å². The predicted octanol–water partition coefficient (Wildman–Crippen LogP) is 3.83. The molecule has 1 amide bonds. The molecule has 0 saturated heterocycles. The molecule has 0 aliphatic carbocycles. The van der Waals surface area contributed by atoms with Crippen molar-refractivity contribution in [3.8, 4) is 11.5 Å². The molecule has 1 aliphatic rings. The number of thiophene rings is 1. The van der Waals surface area contributed by atoms with Gasteiger partial charge in [-0.15, -0.1) is 11.3 Å². The Labute approximate surface area is 140 Å². The summed E-state index contributed by atoms with van der Waals surface area (Å²) in [6, 6.07) is 6.05. The van der Waals surface area contributed by atoms with Gasteiger partial charge in [-0.2, -0.15) is 0 Å². The van der Waals surface area contributed by atoms with Crippen LogP contribution < -0.4 is 9.47 Å². The first-order valence-electron chi connectivity index (χ1n) is 7.66. The lowest BCUT2D eigenvalue weighted by molar-refractivity contribution is 0.0681. The Morgan fingerprint density at radius 2 is 1.96 bits per heavy atom. The summed E-state index contributed by atoms with van der Waals surface area (Å²) in [5, 5.41) is 1.97. The molecular weight excluding hydrogens is 310 g/mol. The van der Waals surface area contributed by atoms with E-state index in [0.29, 0.717) is 5.75 Å². The number of fused-ring (bicyclic) bond motifs is 1. The summed E-state index contributed by atoms with van der Waals surface area (Å²) in [6.07, 6.45) is 0.830. The van der Waals surface area contributed by atoms with Crippen molar-refractivity contribution in [1.82, 2.24) is 4.90 Å². The van der Waals surface area contributed by atoms with E-state index in [1.54, 1.807) is 14.2 Å². The average molecular weight is 331 g/mol. The molecule has 3 rings (SSSR count). The second-order valence-corrected chi connectivity index (χ2v) is 6.68. The van der Waals surface area contributed by atoms with Gasteiger partial charge >= 0.3 is 0 Å². The van der Waals surface area contributed by atoms with Gasteiger partial charge in [0.15, 0.2) is 11.5 Å². The monoisotopic (exact) mass is 331 g/mol. The first-order chi connectivity index (χ1) is 11.1. The van der Waals surface area contributed by atoms with Crippen LogP contribution in [0.5, 0.6) is 11.5 Å². The van der Waals surface area contributed by atoms with Crippen LogP contribution in [0, 0.1) is 6.92 Å². The van der Waals surface area contributed by atoms with Gasteiger partial charge in [-0.05, 0) is 60.5 Å². The number of hydrogen-bond acceptors (Lipinski definition) is 4. The third kappa shape index (κ3) is 2.70. The van der Waals surface area contributed by atoms with Gasteiger partial charge in [0.2, 0.25) is 0 Å². The number of carbonyl (C=O) groups excluding carboxylic acids is 1. The van der Waals surface area contributed by atoms with E-state index in [9.17, 15) is 4.79 Å². The number of hydrogen-bond donors (Lipinski definition) is 0. The lowest BCUT2D eigenvalue weighted by Gasteiger charge is -2.35. The fourth-order valence-corrected chi connectivity index (χ4v) is 4.02. The van der Waals surface area contributed by atoms with E-state index in [1.165, 1.54) is 16.9 Å². The van der Waals surface area contributed by atoms with Gasteiger partial charge in [0.1, 0.15) is 0 Å². The first-order valence-corrected chi connectivity index (χ1v) is 8.54.